The zero-order valence-corrected chi connectivity index (χ0v) is 10.2. The zero-order valence-electron chi connectivity index (χ0n) is 10.2. The molecule has 0 heterocycles. The van der Waals surface area contributed by atoms with Gasteiger partial charge >= 0.3 is 0 Å². The monoisotopic (exact) mass is 214 g/mol. The highest BCUT2D eigenvalue weighted by molar-refractivity contribution is 6.23. The molecule has 2 rings (SSSR count). The molecule has 1 nitrogen and oxygen atoms in total. The van der Waals surface area contributed by atoms with Crippen LogP contribution in [0.25, 0.3) is 5.57 Å². The Kier molecular flexibility index (Phi) is 2.71. The minimum Gasteiger partial charge on any atom is -0.294 e. The Morgan fingerprint density at radius 2 is 1.62 bits per heavy atom. The number of ketones is 1. The van der Waals surface area contributed by atoms with Gasteiger partial charge in [0, 0.05) is 12.0 Å². The van der Waals surface area contributed by atoms with Crippen LogP contribution < -0.4 is 0 Å². The standard InChI is InChI=1S/C15H18O/c1-15(2,3)12-9-10-13(16)14(12)11-7-5-4-6-8-11/h4-8H,9-10H2,1-3H3. The first-order chi connectivity index (χ1) is 7.50. The summed E-state index contributed by atoms with van der Waals surface area (Å²) in [7, 11) is 0. The summed E-state index contributed by atoms with van der Waals surface area (Å²) in [6, 6.07) is 10.0. The highest BCUT2D eigenvalue weighted by Crippen LogP contribution is 2.41. The van der Waals surface area contributed by atoms with Crippen LogP contribution in [0.15, 0.2) is 35.9 Å². The molecule has 0 fully saturated rings. The van der Waals surface area contributed by atoms with E-state index >= 15 is 0 Å². The van der Waals surface area contributed by atoms with Gasteiger partial charge in [0.2, 0.25) is 0 Å². The molecule has 0 spiro atoms. The number of benzene rings is 1. The molecule has 1 aromatic rings. The van der Waals surface area contributed by atoms with Crippen LogP contribution >= 0.6 is 0 Å². The van der Waals surface area contributed by atoms with E-state index in [9.17, 15) is 4.79 Å². The van der Waals surface area contributed by atoms with Gasteiger partial charge in [-0.1, -0.05) is 56.7 Å². The molecule has 1 heteroatoms. The second kappa shape index (κ2) is 3.89. The lowest BCUT2D eigenvalue weighted by Crippen LogP contribution is -2.09. The number of hydrogen-bond donors (Lipinski definition) is 0. The minimum atomic E-state index is 0.0946. The van der Waals surface area contributed by atoms with Crippen molar-refractivity contribution < 1.29 is 4.79 Å². The molecule has 0 saturated carbocycles. The third-order valence-corrected chi connectivity index (χ3v) is 3.15. The van der Waals surface area contributed by atoms with Crippen LogP contribution in [0.2, 0.25) is 0 Å². The molecule has 0 aromatic heterocycles. The molecule has 0 saturated heterocycles. The average Bonchev–Trinajstić information content (AvgIpc) is 2.61. The normalized spacial score (nSPS) is 17.1. The largest absolute Gasteiger partial charge is 0.294 e. The molecule has 0 unspecified atom stereocenters. The summed E-state index contributed by atoms with van der Waals surface area (Å²) in [4.78, 5) is 12.0. The highest BCUT2D eigenvalue weighted by atomic mass is 16.1. The Hall–Kier alpha value is -1.37. The predicted molar refractivity (Wildman–Crippen MR) is 67.1 cm³/mol. The van der Waals surface area contributed by atoms with E-state index in [1.54, 1.807) is 0 Å². The fourth-order valence-electron chi connectivity index (χ4n) is 2.35. The van der Waals surface area contributed by atoms with E-state index in [4.69, 9.17) is 0 Å². The lowest BCUT2D eigenvalue weighted by molar-refractivity contribution is -0.113. The van der Waals surface area contributed by atoms with Gasteiger partial charge in [-0.05, 0) is 17.4 Å². The van der Waals surface area contributed by atoms with Crippen molar-refractivity contribution in [2.24, 2.45) is 5.41 Å². The van der Waals surface area contributed by atoms with Crippen molar-refractivity contribution in [3.8, 4) is 0 Å². The Morgan fingerprint density at radius 1 is 1.00 bits per heavy atom. The number of allylic oxidation sites excluding steroid dienone is 2. The number of Topliss-reactive ketones (excluding diaryl/α,β-unsaturated/α-hetero) is 1. The maximum atomic E-state index is 12.0. The maximum absolute atomic E-state index is 12.0. The van der Waals surface area contributed by atoms with Crippen molar-refractivity contribution in [2.45, 2.75) is 33.6 Å². The van der Waals surface area contributed by atoms with Gasteiger partial charge in [-0.15, -0.1) is 0 Å². The van der Waals surface area contributed by atoms with Gasteiger partial charge in [-0.2, -0.15) is 0 Å². The Morgan fingerprint density at radius 3 is 2.19 bits per heavy atom. The van der Waals surface area contributed by atoms with Crippen LogP contribution in [-0.2, 0) is 4.79 Å². The molecular weight excluding hydrogens is 196 g/mol. The molecule has 1 aliphatic carbocycles. The van der Waals surface area contributed by atoms with E-state index in [1.807, 2.05) is 30.3 Å². The first-order valence-corrected chi connectivity index (χ1v) is 5.82. The molecule has 0 aliphatic heterocycles. The number of carbonyl (C=O) groups is 1. The van der Waals surface area contributed by atoms with E-state index in [0.717, 1.165) is 17.6 Å². The fourth-order valence-corrected chi connectivity index (χ4v) is 2.35. The van der Waals surface area contributed by atoms with Gasteiger partial charge < -0.3 is 0 Å². The summed E-state index contributed by atoms with van der Waals surface area (Å²) in [5.74, 6) is 0.302. The second-order valence-corrected chi connectivity index (χ2v) is 5.39. The van der Waals surface area contributed by atoms with Crippen LogP contribution in [0, 0.1) is 5.41 Å². The molecule has 16 heavy (non-hydrogen) atoms. The smallest absolute Gasteiger partial charge is 0.163 e. The Balaban J connectivity index is 2.55. The van der Waals surface area contributed by atoms with Crippen LogP contribution in [0.3, 0.4) is 0 Å². The molecule has 0 radical (unpaired) electrons. The summed E-state index contributed by atoms with van der Waals surface area (Å²) in [6.07, 6.45) is 1.60. The molecule has 84 valence electrons. The van der Waals surface area contributed by atoms with Gasteiger partial charge in [0.15, 0.2) is 5.78 Å². The number of hydrogen-bond acceptors (Lipinski definition) is 1. The lowest BCUT2D eigenvalue weighted by Gasteiger charge is -2.22. The Bertz CT molecular complexity index is 432. The van der Waals surface area contributed by atoms with Crippen LogP contribution in [-0.4, -0.2) is 5.78 Å². The third-order valence-electron chi connectivity index (χ3n) is 3.15. The Labute approximate surface area is 97.2 Å². The van der Waals surface area contributed by atoms with Gasteiger partial charge in [-0.3, -0.25) is 4.79 Å². The van der Waals surface area contributed by atoms with E-state index in [0.29, 0.717) is 12.2 Å². The van der Waals surface area contributed by atoms with E-state index in [1.165, 1.54) is 5.57 Å². The molecular formula is C15H18O. The van der Waals surface area contributed by atoms with Gasteiger partial charge in [-0.25, -0.2) is 0 Å². The van der Waals surface area contributed by atoms with Crippen molar-refractivity contribution in [1.82, 2.24) is 0 Å². The highest BCUT2D eigenvalue weighted by Gasteiger charge is 2.30. The van der Waals surface area contributed by atoms with E-state index in [-0.39, 0.29) is 5.41 Å². The molecule has 1 aromatic carbocycles. The quantitative estimate of drug-likeness (QED) is 0.694. The predicted octanol–water partition coefficient (Wildman–Crippen LogP) is 3.85. The summed E-state index contributed by atoms with van der Waals surface area (Å²) >= 11 is 0. The lowest BCUT2D eigenvalue weighted by atomic mass is 9.82. The van der Waals surface area contributed by atoms with Crippen molar-refractivity contribution in [1.29, 1.82) is 0 Å². The summed E-state index contributed by atoms with van der Waals surface area (Å²) in [5.41, 5.74) is 3.45. The van der Waals surface area contributed by atoms with Crippen molar-refractivity contribution >= 4 is 11.4 Å². The fraction of sp³-hybridized carbons (Fsp3) is 0.400. The third kappa shape index (κ3) is 1.95. The van der Waals surface area contributed by atoms with Crippen molar-refractivity contribution in [3.05, 3.63) is 41.5 Å². The first kappa shape index (κ1) is 11.1. The molecule has 0 N–H and O–H groups in total. The van der Waals surface area contributed by atoms with Gasteiger partial charge in [0.05, 0.1) is 0 Å². The first-order valence-electron chi connectivity index (χ1n) is 5.82. The molecule has 0 amide bonds. The van der Waals surface area contributed by atoms with E-state index in [2.05, 4.69) is 20.8 Å². The minimum absolute atomic E-state index is 0.0946. The van der Waals surface area contributed by atoms with Gasteiger partial charge in [0.1, 0.15) is 0 Å². The van der Waals surface area contributed by atoms with Crippen molar-refractivity contribution in [3.63, 3.8) is 0 Å². The summed E-state index contributed by atoms with van der Waals surface area (Å²) < 4.78 is 0. The average molecular weight is 214 g/mol. The van der Waals surface area contributed by atoms with Gasteiger partial charge in [0.25, 0.3) is 0 Å². The topological polar surface area (TPSA) is 17.1 Å². The van der Waals surface area contributed by atoms with Crippen LogP contribution in [0.1, 0.15) is 39.2 Å². The number of carbonyl (C=O) groups excluding carboxylic acids is 1. The van der Waals surface area contributed by atoms with Crippen LogP contribution in [0.4, 0.5) is 0 Å². The zero-order chi connectivity index (χ0) is 11.8. The van der Waals surface area contributed by atoms with Crippen LogP contribution in [0.5, 0.6) is 0 Å². The summed E-state index contributed by atoms with van der Waals surface area (Å²) in [5, 5.41) is 0. The molecule has 0 atom stereocenters. The second-order valence-electron chi connectivity index (χ2n) is 5.39. The van der Waals surface area contributed by atoms with E-state index < -0.39 is 0 Å². The van der Waals surface area contributed by atoms with Crippen molar-refractivity contribution in [2.75, 3.05) is 0 Å². The summed E-state index contributed by atoms with van der Waals surface area (Å²) in [6.45, 7) is 6.55. The SMILES string of the molecule is CC(C)(C)C1=C(c2ccccc2)C(=O)CC1. The molecule has 0 bridgehead atoms. The number of rotatable bonds is 1. The maximum Gasteiger partial charge on any atom is 0.163 e. The molecule has 1 aliphatic rings.